The first-order valence-corrected chi connectivity index (χ1v) is 5.35. The summed E-state index contributed by atoms with van der Waals surface area (Å²) in [5.41, 5.74) is 0.368. The highest BCUT2D eigenvalue weighted by Crippen LogP contribution is 2.21. The maximum Gasteiger partial charge on any atom is 0.272 e. The van der Waals surface area contributed by atoms with E-state index in [2.05, 4.69) is 0 Å². The predicted octanol–water partition coefficient (Wildman–Crippen LogP) is 1.16. The molecule has 1 aliphatic heterocycles. The van der Waals surface area contributed by atoms with Gasteiger partial charge < -0.3 is 5.11 Å². The summed E-state index contributed by atoms with van der Waals surface area (Å²) in [6, 6.07) is 3.60. The maximum absolute atomic E-state index is 13.1. The highest BCUT2D eigenvalue weighted by atomic mass is 19.1. The van der Waals surface area contributed by atoms with E-state index in [1.54, 1.807) is 0 Å². The third kappa shape index (κ3) is 2.78. The number of hydrogen-bond donors (Lipinski definition) is 1. The quantitative estimate of drug-likeness (QED) is 0.633. The summed E-state index contributed by atoms with van der Waals surface area (Å²) in [7, 11) is 0. The normalized spacial score (nSPS) is 16.8. The molecule has 5 nitrogen and oxygen atoms in total. The molecule has 0 saturated carbocycles. The number of rotatable bonds is 4. The monoisotopic (exact) mass is 240 g/mol. The molecule has 0 aliphatic carbocycles. The lowest BCUT2D eigenvalue weighted by Gasteiger charge is -2.38. The van der Waals surface area contributed by atoms with E-state index in [0.717, 1.165) is 19.2 Å². The van der Waals surface area contributed by atoms with Crippen LogP contribution in [0.15, 0.2) is 18.2 Å². The molecule has 1 aromatic rings. The van der Waals surface area contributed by atoms with Crippen LogP contribution in [0.25, 0.3) is 0 Å². The molecule has 17 heavy (non-hydrogen) atoms. The summed E-state index contributed by atoms with van der Waals surface area (Å²) < 4.78 is 13.1. The summed E-state index contributed by atoms with van der Waals surface area (Å²) in [5, 5.41) is 19.4. The number of nitro benzene ring substituents is 1. The van der Waals surface area contributed by atoms with Crippen molar-refractivity contribution in [2.24, 2.45) is 5.92 Å². The van der Waals surface area contributed by atoms with E-state index in [0.29, 0.717) is 12.1 Å². The largest absolute Gasteiger partial charge is 0.396 e. The van der Waals surface area contributed by atoms with Crippen molar-refractivity contribution in [2.45, 2.75) is 6.54 Å². The van der Waals surface area contributed by atoms with Crippen LogP contribution in [0.3, 0.4) is 0 Å². The van der Waals surface area contributed by atoms with Crippen LogP contribution in [-0.4, -0.2) is 34.6 Å². The van der Waals surface area contributed by atoms with Crippen LogP contribution < -0.4 is 0 Å². The average Bonchev–Trinajstić information content (AvgIpc) is 2.21. The zero-order valence-corrected chi connectivity index (χ0v) is 9.17. The summed E-state index contributed by atoms with van der Waals surface area (Å²) >= 11 is 0. The smallest absolute Gasteiger partial charge is 0.272 e. The van der Waals surface area contributed by atoms with Gasteiger partial charge in [-0.1, -0.05) is 0 Å². The third-order valence-corrected chi connectivity index (χ3v) is 2.85. The van der Waals surface area contributed by atoms with Gasteiger partial charge in [0.05, 0.1) is 11.0 Å². The second-order valence-corrected chi connectivity index (χ2v) is 4.32. The fourth-order valence-corrected chi connectivity index (χ4v) is 2.01. The number of nitrogens with zero attached hydrogens (tertiary/aromatic N) is 2. The SMILES string of the molecule is O=[N+]([O-])c1cc(F)cc(CN2CC(CO)C2)c1. The molecule has 0 amide bonds. The van der Waals surface area contributed by atoms with Gasteiger partial charge in [-0.15, -0.1) is 0 Å². The Kier molecular flexibility index (Phi) is 3.35. The lowest BCUT2D eigenvalue weighted by molar-refractivity contribution is -0.385. The molecule has 0 aromatic heterocycles. The van der Waals surface area contributed by atoms with Crippen LogP contribution >= 0.6 is 0 Å². The van der Waals surface area contributed by atoms with E-state index in [1.807, 2.05) is 4.90 Å². The molecule has 0 bridgehead atoms. The molecule has 0 spiro atoms. The minimum Gasteiger partial charge on any atom is -0.396 e. The van der Waals surface area contributed by atoms with Crippen LogP contribution in [0, 0.1) is 21.8 Å². The summed E-state index contributed by atoms with van der Waals surface area (Å²) in [4.78, 5) is 12.0. The van der Waals surface area contributed by atoms with Gasteiger partial charge in [0.15, 0.2) is 0 Å². The molecule has 6 heteroatoms. The number of benzene rings is 1. The van der Waals surface area contributed by atoms with Crippen molar-refractivity contribution in [3.05, 3.63) is 39.7 Å². The van der Waals surface area contributed by atoms with Gasteiger partial charge in [-0.25, -0.2) is 4.39 Å². The number of nitro groups is 1. The van der Waals surface area contributed by atoms with Crippen LogP contribution in [0.2, 0.25) is 0 Å². The van der Waals surface area contributed by atoms with Gasteiger partial charge in [0.2, 0.25) is 0 Å². The molecular weight excluding hydrogens is 227 g/mol. The third-order valence-electron chi connectivity index (χ3n) is 2.85. The zero-order chi connectivity index (χ0) is 12.4. The van der Waals surface area contributed by atoms with Crippen molar-refractivity contribution < 1.29 is 14.4 Å². The van der Waals surface area contributed by atoms with Gasteiger partial charge in [0.25, 0.3) is 5.69 Å². The Morgan fingerprint density at radius 1 is 1.47 bits per heavy atom. The second-order valence-electron chi connectivity index (χ2n) is 4.32. The van der Waals surface area contributed by atoms with E-state index in [4.69, 9.17) is 5.11 Å². The number of halogens is 1. The fourth-order valence-electron chi connectivity index (χ4n) is 2.01. The minimum absolute atomic E-state index is 0.153. The van der Waals surface area contributed by atoms with Crippen molar-refractivity contribution in [2.75, 3.05) is 19.7 Å². The lowest BCUT2D eigenvalue weighted by atomic mass is 10.0. The molecule has 1 heterocycles. The first-order chi connectivity index (χ1) is 8.08. The zero-order valence-electron chi connectivity index (χ0n) is 9.17. The van der Waals surface area contributed by atoms with Crippen molar-refractivity contribution in [3.8, 4) is 0 Å². The first-order valence-electron chi connectivity index (χ1n) is 5.35. The Balaban J connectivity index is 2.04. The molecule has 1 fully saturated rings. The molecule has 0 atom stereocenters. The minimum atomic E-state index is -0.598. The number of hydrogen-bond acceptors (Lipinski definition) is 4. The molecule has 0 unspecified atom stereocenters. The molecule has 0 radical (unpaired) electrons. The molecule has 1 aromatic carbocycles. The standard InChI is InChI=1S/C11H13FN2O3/c12-10-1-8(2-11(3-10)14(16)17)4-13-5-9(6-13)7-15/h1-3,9,15H,4-7H2. The van der Waals surface area contributed by atoms with Crippen molar-refractivity contribution in [1.29, 1.82) is 0 Å². The molecule has 2 rings (SSSR count). The van der Waals surface area contributed by atoms with Gasteiger partial charge in [-0.3, -0.25) is 15.0 Å². The summed E-state index contributed by atoms with van der Waals surface area (Å²) in [5.74, 6) is -0.313. The summed E-state index contributed by atoms with van der Waals surface area (Å²) in [6.45, 7) is 2.14. The van der Waals surface area contributed by atoms with Crippen molar-refractivity contribution in [3.63, 3.8) is 0 Å². The molecule has 1 N–H and O–H groups in total. The number of aliphatic hydroxyl groups is 1. The fraction of sp³-hybridized carbons (Fsp3) is 0.455. The van der Waals surface area contributed by atoms with E-state index in [9.17, 15) is 14.5 Å². The van der Waals surface area contributed by atoms with Gasteiger partial charge in [-0.05, 0) is 11.6 Å². The second kappa shape index (κ2) is 4.77. The van der Waals surface area contributed by atoms with Crippen LogP contribution in [-0.2, 0) is 6.54 Å². The molecule has 1 saturated heterocycles. The Labute approximate surface area is 97.6 Å². The number of non-ortho nitro benzene ring substituents is 1. The van der Waals surface area contributed by atoms with Gasteiger partial charge in [-0.2, -0.15) is 0 Å². The highest BCUT2D eigenvalue weighted by Gasteiger charge is 2.26. The Hall–Kier alpha value is -1.53. The van der Waals surface area contributed by atoms with Gasteiger partial charge in [0, 0.05) is 38.2 Å². The maximum atomic E-state index is 13.1. The van der Waals surface area contributed by atoms with Crippen molar-refractivity contribution in [1.82, 2.24) is 4.90 Å². The first kappa shape index (κ1) is 11.9. The van der Waals surface area contributed by atoms with E-state index >= 15 is 0 Å². The molecule has 92 valence electrons. The molecular formula is C11H13FN2O3. The van der Waals surface area contributed by atoms with Gasteiger partial charge in [0.1, 0.15) is 5.82 Å². The van der Waals surface area contributed by atoms with Crippen molar-refractivity contribution >= 4 is 5.69 Å². The van der Waals surface area contributed by atoms with E-state index < -0.39 is 10.7 Å². The lowest BCUT2D eigenvalue weighted by Crippen LogP contribution is -2.47. The van der Waals surface area contributed by atoms with E-state index in [-0.39, 0.29) is 18.2 Å². The van der Waals surface area contributed by atoms with Crippen LogP contribution in [0.1, 0.15) is 5.56 Å². The topological polar surface area (TPSA) is 66.6 Å². The van der Waals surface area contributed by atoms with Crippen LogP contribution in [0.4, 0.5) is 10.1 Å². The Morgan fingerprint density at radius 3 is 2.76 bits per heavy atom. The average molecular weight is 240 g/mol. The number of likely N-dealkylation sites (tertiary alicyclic amines) is 1. The van der Waals surface area contributed by atoms with Gasteiger partial charge >= 0.3 is 0 Å². The Bertz CT molecular complexity index is 433. The molecule has 1 aliphatic rings. The Morgan fingerprint density at radius 2 is 2.18 bits per heavy atom. The highest BCUT2D eigenvalue weighted by molar-refractivity contribution is 5.35. The predicted molar refractivity (Wildman–Crippen MR) is 58.9 cm³/mol. The summed E-state index contributed by atoms with van der Waals surface area (Å²) in [6.07, 6.45) is 0. The van der Waals surface area contributed by atoms with E-state index in [1.165, 1.54) is 12.1 Å². The number of aliphatic hydroxyl groups excluding tert-OH is 1. The van der Waals surface area contributed by atoms with Crippen LogP contribution in [0.5, 0.6) is 0 Å².